The van der Waals surface area contributed by atoms with E-state index in [4.69, 9.17) is 9.47 Å². The number of likely N-dealkylation sites (tertiary alicyclic amines) is 1. The Kier molecular flexibility index (Phi) is 6.24. The minimum absolute atomic E-state index is 0.0700. The van der Waals surface area contributed by atoms with Crippen LogP contribution in [0.1, 0.15) is 31.9 Å². The lowest BCUT2D eigenvalue weighted by atomic mass is 9.62. The Balaban J connectivity index is 1.62. The molecular formula is C28H33N3O6. The van der Waals surface area contributed by atoms with Gasteiger partial charge in [0.05, 0.1) is 37.2 Å². The molecule has 3 unspecified atom stereocenters. The topological polar surface area (TPSA) is 117 Å². The van der Waals surface area contributed by atoms with Gasteiger partial charge in [0.15, 0.2) is 0 Å². The first-order chi connectivity index (χ1) is 17.7. The molecule has 3 aliphatic rings. The molecule has 3 aliphatic heterocycles. The fourth-order valence-electron chi connectivity index (χ4n) is 6.78. The second kappa shape index (κ2) is 9.15. The van der Waals surface area contributed by atoms with Crippen LogP contribution in [0.2, 0.25) is 0 Å². The molecule has 0 aromatic heterocycles. The second-order valence-corrected chi connectivity index (χ2v) is 10.4. The van der Waals surface area contributed by atoms with Crippen molar-refractivity contribution in [2.24, 2.45) is 17.8 Å². The van der Waals surface area contributed by atoms with Gasteiger partial charge in [-0.2, -0.15) is 0 Å². The largest absolute Gasteiger partial charge is 0.497 e. The first kappa shape index (κ1) is 25.2. The van der Waals surface area contributed by atoms with E-state index in [2.05, 4.69) is 10.6 Å². The summed E-state index contributed by atoms with van der Waals surface area (Å²) in [6.45, 7) is 3.47. The molecule has 0 saturated carbocycles. The van der Waals surface area contributed by atoms with Crippen molar-refractivity contribution in [1.82, 2.24) is 10.2 Å². The molecule has 5 rings (SSSR count). The first-order valence-corrected chi connectivity index (χ1v) is 12.6. The summed E-state index contributed by atoms with van der Waals surface area (Å²) in [5.74, 6) is -2.11. The minimum atomic E-state index is -1.21. The molecule has 2 aromatic rings. The monoisotopic (exact) mass is 507 g/mol. The van der Waals surface area contributed by atoms with Gasteiger partial charge < -0.3 is 30.1 Å². The number of hydrogen-bond acceptors (Lipinski definition) is 6. The quantitative estimate of drug-likeness (QED) is 0.529. The van der Waals surface area contributed by atoms with Gasteiger partial charge in [-0.1, -0.05) is 37.3 Å². The molecule has 3 heterocycles. The molecule has 0 radical (unpaired) electrons. The fraction of sp³-hybridized carbons (Fsp3) is 0.464. The highest BCUT2D eigenvalue weighted by Gasteiger charge is 2.80. The number of hydrogen-bond donors (Lipinski definition) is 3. The van der Waals surface area contributed by atoms with Gasteiger partial charge in [-0.15, -0.1) is 0 Å². The van der Waals surface area contributed by atoms with Crippen molar-refractivity contribution in [2.45, 2.75) is 43.6 Å². The molecule has 9 heteroatoms. The summed E-state index contributed by atoms with van der Waals surface area (Å²) in [6, 6.07) is 14.2. The third-order valence-corrected chi connectivity index (χ3v) is 8.58. The number of aliphatic hydroxyl groups is 1. The molecule has 3 fully saturated rings. The lowest BCUT2D eigenvalue weighted by molar-refractivity contribution is -0.149. The number of fused-ring (bicyclic) bond motifs is 1. The summed E-state index contributed by atoms with van der Waals surface area (Å²) < 4.78 is 11.9. The maximum Gasteiger partial charge on any atom is 0.250 e. The standard InChI is InChI=1S/C28H33N3O6/c1-16-14-28-22(21(24(33)29-3)27(16,2)37-28)26(35)31(20(15-32)17-8-6-5-7-9-17)23(28)25(34)30-18-10-12-19(36-4)13-11-18/h5-13,16,20-23,32H,14-15H2,1-4H3,(H,29,33)(H,30,34)/t16?,20-,21-,22+,23?,27+,28?/m1/s1. The Morgan fingerprint density at radius 2 is 1.84 bits per heavy atom. The zero-order valence-corrected chi connectivity index (χ0v) is 21.4. The van der Waals surface area contributed by atoms with Gasteiger partial charge in [0.25, 0.3) is 0 Å². The van der Waals surface area contributed by atoms with E-state index in [0.717, 1.165) is 0 Å². The number of methoxy groups -OCH3 is 1. The third-order valence-electron chi connectivity index (χ3n) is 8.58. The summed E-state index contributed by atoms with van der Waals surface area (Å²) in [5.41, 5.74) is -0.872. The lowest BCUT2D eigenvalue weighted by Gasteiger charge is -2.37. The molecule has 3 saturated heterocycles. The van der Waals surface area contributed by atoms with Crippen LogP contribution >= 0.6 is 0 Å². The summed E-state index contributed by atoms with van der Waals surface area (Å²) in [4.78, 5) is 42.9. The van der Waals surface area contributed by atoms with Crippen LogP contribution in [0, 0.1) is 17.8 Å². The Hall–Kier alpha value is -3.43. The number of anilines is 1. The second-order valence-electron chi connectivity index (χ2n) is 10.4. The number of nitrogens with one attached hydrogen (secondary N) is 2. The van der Waals surface area contributed by atoms with E-state index in [-0.39, 0.29) is 24.3 Å². The minimum Gasteiger partial charge on any atom is -0.497 e. The molecule has 37 heavy (non-hydrogen) atoms. The highest BCUT2D eigenvalue weighted by Crippen LogP contribution is 2.66. The van der Waals surface area contributed by atoms with Crippen LogP contribution in [0.3, 0.4) is 0 Å². The summed E-state index contributed by atoms with van der Waals surface area (Å²) in [7, 11) is 3.10. The number of carbonyl (C=O) groups excluding carboxylic acids is 3. The van der Waals surface area contributed by atoms with Crippen molar-refractivity contribution in [3.63, 3.8) is 0 Å². The maximum absolute atomic E-state index is 14.2. The normalized spacial score (nSPS) is 32.7. The van der Waals surface area contributed by atoms with Crippen LogP contribution in [0.4, 0.5) is 5.69 Å². The molecule has 196 valence electrons. The smallest absolute Gasteiger partial charge is 0.250 e. The summed E-state index contributed by atoms with van der Waals surface area (Å²) in [5, 5.41) is 16.1. The third kappa shape index (κ3) is 3.63. The van der Waals surface area contributed by atoms with Crippen molar-refractivity contribution in [3.05, 3.63) is 60.2 Å². The number of rotatable bonds is 7. The van der Waals surface area contributed by atoms with Crippen LogP contribution < -0.4 is 15.4 Å². The number of carbonyl (C=O) groups is 3. The first-order valence-electron chi connectivity index (χ1n) is 12.6. The number of benzene rings is 2. The van der Waals surface area contributed by atoms with E-state index < -0.39 is 41.0 Å². The summed E-state index contributed by atoms with van der Waals surface area (Å²) in [6.07, 6.45) is 0.442. The predicted molar refractivity (Wildman–Crippen MR) is 136 cm³/mol. The Labute approximate surface area is 216 Å². The highest BCUT2D eigenvalue weighted by molar-refractivity contribution is 6.04. The van der Waals surface area contributed by atoms with Crippen molar-refractivity contribution in [2.75, 3.05) is 26.1 Å². The fourth-order valence-corrected chi connectivity index (χ4v) is 6.78. The van der Waals surface area contributed by atoms with E-state index in [1.807, 2.05) is 44.2 Å². The van der Waals surface area contributed by atoms with Gasteiger partial charge in [0, 0.05) is 12.7 Å². The van der Waals surface area contributed by atoms with E-state index in [1.54, 1.807) is 38.4 Å². The predicted octanol–water partition coefficient (Wildman–Crippen LogP) is 2.12. The number of aliphatic hydroxyl groups excluding tert-OH is 1. The lowest BCUT2D eigenvalue weighted by Crippen LogP contribution is -2.55. The van der Waals surface area contributed by atoms with E-state index in [0.29, 0.717) is 23.4 Å². The highest BCUT2D eigenvalue weighted by atomic mass is 16.5. The van der Waals surface area contributed by atoms with Crippen LogP contribution in [-0.2, 0) is 19.1 Å². The maximum atomic E-state index is 14.2. The van der Waals surface area contributed by atoms with Crippen molar-refractivity contribution < 1.29 is 29.0 Å². The molecule has 3 amide bonds. The molecule has 2 aromatic carbocycles. The zero-order valence-electron chi connectivity index (χ0n) is 21.4. The average molecular weight is 508 g/mol. The van der Waals surface area contributed by atoms with Crippen LogP contribution in [0.15, 0.2) is 54.6 Å². The number of nitrogens with zero attached hydrogens (tertiary/aromatic N) is 1. The molecule has 7 atom stereocenters. The Bertz CT molecular complexity index is 1200. The number of ether oxygens (including phenoxy) is 2. The van der Waals surface area contributed by atoms with Gasteiger partial charge in [0.2, 0.25) is 17.7 Å². The van der Waals surface area contributed by atoms with Crippen LogP contribution in [0.25, 0.3) is 0 Å². The van der Waals surface area contributed by atoms with Gasteiger partial charge in [0.1, 0.15) is 17.4 Å². The molecule has 0 aliphatic carbocycles. The van der Waals surface area contributed by atoms with E-state index in [9.17, 15) is 19.5 Å². The Morgan fingerprint density at radius 1 is 1.16 bits per heavy atom. The Morgan fingerprint density at radius 3 is 2.43 bits per heavy atom. The van der Waals surface area contributed by atoms with Crippen molar-refractivity contribution in [1.29, 1.82) is 0 Å². The van der Waals surface area contributed by atoms with E-state index >= 15 is 0 Å². The molecule has 1 spiro atoms. The zero-order chi connectivity index (χ0) is 26.5. The summed E-state index contributed by atoms with van der Waals surface area (Å²) >= 11 is 0. The molecule has 9 nitrogen and oxygen atoms in total. The van der Waals surface area contributed by atoms with Crippen LogP contribution in [0.5, 0.6) is 5.75 Å². The average Bonchev–Trinajstić information content (AvgIpc) is 3.42. The SMILES string of the molecule is CNC(=O)[C@H]1[C@H]2C(=O)N([C@H](CO)c3ccccc3)C(C(=O)Nc3ccc(OC)cc3)C23CC(C)[C@]1(C)O3. The van der Waals surface area contributed by atoms with Crippen molar-refractivity contribution in [3.8, 4) is 5.75 Å². The van der Waals surface area contributed by atoms with Crippen molar-refractivity contribution >= 4 is 23.4 Å². The number of amides is 3. The molecule has 2 bridgehead atoms. The van der Waals surface area contributed by atoms with Gasteiger partial charge in [-0.25, -0.2) is 0 Å². The van der Waals surface area contributed by atoms with Gasteiger partial charge in [-0.3, -0.25) is 14.4 Å². The molecular weight excluding hydrogens is 474 g/mol. The van der Waals surface area contributed by atoms with Crippen LogP contribution in [-0.4, -0.2) is 65.7 Å². The van der Waals surface area contributed by atoms with E-state index in [1.165, 1.54) is 4.90 Å². The molecule has 3 N–H and O–H groups in total. The van der Waals surface area contributed by atoms with Gasteiger partial charge in [-0.05, 0) is 49.1 Å². The van der Waals surface area contributed by atoms with Gasteiger partial charge >= 0.3 is 0 Å².